The Labute approximate surface area is 115 Å². The molecule has 1 saturated heterocycles. The number of nitrogens with zero attached hydrogens (tertiary/aromatic N) is 2. The minimum Gasteiger partial charge on any atom is -0.377 e. The van der Waals surface area contributed by atoms with Crippen LogP contribution in [0.3, 0.4) is 0 Å². The lowest BCUT2D eigenvalue weighted by Gasteiger charge is -2.36. The molecule has 0 spiro atoms. The molecule has 0 bridgehead atoms. The van der Waals surface area contributed by atoms with Crippen LogP contribution in [0.5, 0.6) is 0 Å². The van der Waals surface area contributed by atoms with Crippen LogP contribution in [-0.4, -0.2) is 50.3 Å². The summed E-state index contributed by atoms with van der Waals surface area (Å²) < 4.78 is 19.2. The lowest BCUT2D eigenvalue weighted by Crippen LogP contribution is -2.47. The van der Waals surface area contributed by atoms with E-state index in [0.717, 1.165) is 45.0 Å². The molecule has 0 saturated carbocycles. The van der Waals surface area contributed by atoms with Crippen LogP contribution in [-0.2, 0) is 4.74 Å². The molecule has 0 atom stereocenters. The molecule has 3 nitrogen and oxygen atoms in total. The fraction of sp³-hybridized carbons (Fsp3) is 0.600. The first-order valence-corrected chi connectivity index (χ1v) is 7.00. The molecule has 4 heteroatoms. The Hall–Kier alpha value is -1.13. The van der Waals surface area contributed by atoms with Crippen LogP contribution >= 0.6 is 0 Å². The number of piperazine rings is 1. The number of hydrogen-bond donors (Lipinski definition) is 0. The number of ether oxygens (including phenoxy) is 1. The second-order valence-electron chi connectivity index (χ2n) is 5.20. The molecule has 19 heavy (non-hydrogen) atoms. The summed E-state index contributed by atoms with van der Waals surface area (Å²) in [6.45, 7) is 9.53. The van der Waals surface area contributed by atoms with E-state index in [-0.39, 0.29) is 5.82 Å². The fourth-order valence-electron chi connectivity index (χ4n) is 2.34. The molecule has 1 aliphatic rings. The Balaban J connectivity index is 1.78. The highest BCUT2D eigenvalue weighted by molar-refractivity contribution is 5.47. The highest BCUT2D eigenvalue weighted by Gasteiger charge is 2.18. The molecular weight excluding hydrogens is 243 g/mol. The molecule has 0 amide bonds. The molecule has 0 radical (unpaired) electrons. The summed E-state index contributed by atoms with van der Waals surface area (Å²) in [5, 5.41) is 0. The van der Waals surface area contributed by atoms with E-state index in [0.29, 0.717) is 6.10 Å². The maximum Gasteiger partial charge on any atom is 0.146 e. The van der Waals surface area contributed by atoms with E-state index in [9.17, 15) is 4.39 Å². The van der Waals surface area contributed by atoms with Gasteiger partial charge in [0.2, 0.25) is 0 Å². The van der Waals surface area contributed by atoms with Gasteiger partial charge in [-0.25, -0.2) is 4.39 Å². The van der Waals surface area contributed by atoms with Crippen LogP contribution in [0, 0.1) is 5.82 Å². The smallest absolute Gasteiger partial charge is 0.146 e. The van der Waals surface area contributed by atoms with Gasteiger partial charge in [0.05, 0.1) is 18.4 Å². The van der Waals surface area contributed by atoms with Crippen molar-refractivity contribution in [1.82, 2.24) is 4.90 Å². The molecule has 2 rings (SSSR count). The first-order valence-electron chi connectivity index (χ1n) is 7.00. The monoisotopic (exact) mass is 266 g/mol. The summed E-state index contributed by atoms with van der Waals surface area (Å²) in [6.07, 6.45) is 0.291. The first-order chi connectivity index (χ1) is 9.16. The van der Waals surface area contributed by atoms with Crippen LogP contribution < -0.4 is 4.90 Å². The number of rotatable bonds is 5. The van der Waals surface area contributed by atoms with Crippen LogP contribution in [0.25, 0.3) is 0 Å². The van der Waals surface area contributed by atoms with Gasteiger partial charge in [-0.05, 0) is 26.0 Å². The topological polar surface area (TPSA) is 15.7 Å². The summed E-state index contributed by atoms with van der Waals surface area (Å²) in [4.78, 5) is 4.49. The zero-order valence-electron chi connectivity index (χ0n) is 11.8. The zero-order valence-corrected chi connectivity index (χ0v) is 11.8. The average molecular weight is 266 g/mol. The molecule has 1 fully saturated rings. The van der Waals surface area contributed by atoms with Crippen LogP contribution in [0.15, 0.2) is 24.3 Å². The normalized spacial score (nSPS) is 17.2. The SMILES string of the molecule is CC(C)OCCN1CCN(c2ccccc2F)CC1. The third-order valence-electron chi connectivity index (χ3n) is 3.42. The Morgan fingerprint density at radius 1 is 1.16 bits per heavy atom. The molecule has 1 heterocycles. The standard InChI is InChI=1S/C15H23FN2O/c1-13(2)19-12-11-17-7-9-18(10-8-17)15-6-4-3-5-14(15)16/h3-6,13H,7-12H2,1-2H3. The van der Waals surface area contributed by atoms with Gasteiger partial charge < -0.3 is 9.64 Å². The van der Waals surface area contributed by atoms with Crippen LogP contribution in [0.1, 0.15) is 13.8 Å². The van der Waals surface area contributed by atoms with Gasteiger partial charge in [-0.15, -0.1) is 0 Å². The largest absolute Gasteiger partial charge is 0.377 e. The number of hydrogen-bond acceptors (Lipinski definition) is 3. The summed E-state index contributed by atoms with van der Waals surface area (Å²) >= 11 is 0. The highest BCUT2D eigenvalue weighted by Crippen LogP contribution is 2.19. The van der Waals surface area contributed by atoms with Gasteiger partial charge >= 0.3 is 0 Å². The van der Waals surface area contributed by atoms with E-state index in [1.54, 1.807) is 6.07 Å². The van der Waals surface area contributed by atoms with Gasteiger partial charge in [0, 0.05) is 32.7 Å². The second kappa shape index (κ2) is 6.87. The average Bonchev–Trinajstić information content (AvgIpc) is 2.40. The quantitative estimate of drug-likeness (QED) is 0.814. The van der Waals surface area contributed by atoms with Gasteiger partial charge in [0.25, 0.3) is 0 Å². The van der Waals surface area contributed by atoms with Gasteiger partial charge in [-0.3, -0.25) is 4.90 Å². The van der Waals surface area contributed by atoms with Crippen molar-refractivity contribution >= 4 is 5.69 Å². The van der Waals surface area contributed by atoms with Crippen molar-refractivity contribution in [2.45, 2.75) is 20.0 Å². The van der Waals surface area contributed by atoms with Gasteiger partial charge in [-0.1, -0.05) is 12.1 Å². The van der Waals surface area contributed by atoms with Crippen molar-refractivity contribution in [3.63, 3.8) is 0 Å². The van der Waals surface area contributed by atoms with Crippen molar-refractivity contribution in [1.29, 1.82) is 0 Å². The maximum absolute atomic E-state index is 13.7. The van der Waals surface area contributed by atoms with E-state index in [4.69, 9.17) is 4.74 Å². The summed E-state index contributed by atoms with van der Waals surface area (Å²) in [7, 11) is 0. The molecule has 106 valence electrons. The zero-order chi connectivity index (χ0) is 13.7. The summed E-state index contributed by atoms with van der Waals surface area (Å²) in [6, 6.07) is 7.00. The minimum atomic E-state index is -0.126. The maximum atomic E-state index is 13.7. The summed E-state index contributed by atoms with van der Waals surface area (Å²) in [5.74, 6) is -0.126. The van der Waals surface area contributed by atoms with E-state index < -0.39 is 0 Å². The Morgan fingerprint density at radius 2 is 1.84 bits per heavy atom. The molecule has 0 aromatic heterocycles. The van der Waals surface area contributed by atoms with Crippen LogP contribution in [0.4, 0.5) is 10.1 Å². The molecule has 0 unspecified atom stereocenters. The molecule has 1 aromatic rings. The van der Waals surface area contributed by atoms with Crippen molar-refractivity contribution < 1.29 is 9.13 Å². The molecule has 1 aromatic carbocycles. The molecule has 1 aliphatic heterocycles. The van der Waals surface area contributed by atoms with E-state index in [2.05, 4.69) is 23.6 Å². The first kappa shape index (κ1) is 14.3. The van der Waals surface area contributed by atoms with Crippen molar-refractivity contribution in [3.8, 4) is 0 Å². The van der Waals surface area contributed by atoms with Crippen molar-refractivity contribution in [2.24, 2.45) is 0 Å². The molecule has 0 aliphatic carbocycles. The van der Waals surface area contributed by atoms with Crippen molar-refractivity contribution in [3.05, 3.63) is 30.1 Å². The van der Waals surface area contributed by atoms with E-state index in [1.165, 1.54) is 6.07 Å². The fourth-order valence-corrected chi connectivity index (χ4v) is 2.34. The highest BCUT2D eigenvalue weighted by atomic mass is 19.1. The Bertz CT molecular complexity index is 389. The van der Waals surface area contributed by atoms with E-state index in [1.807, 2.05) is 12.1 Å². The van der Waals surface area contributed by atoms with Crippen LogP contribution in [0.2, 0.25) is 0 Å². The number of anilines is 1. The third kappa shape index (κ3) is 4.18. The number of benzene rings is 1. The van der Waals surface area contributed by atoms with E-state index >= 15 is 0 Å². The molecule has 0 N–H and O–H groups in total. The van der Waals surface area contributed by atoms with Gasteiger partial charge in [-0.2, -0.15) is 0 Å². The third-order valence-corrected chi connectivity index (χ3v) is 3.42. The van der Waals surface area contributed by atoms with Gasteiger partial charge in [0.1, 0.15) is 5.82 Å². The lowest BCUT2D eigenvalue weighted by molar-refractivity contribution is 0.0578. The Morgan fingerprint density at radius 3 is 2.47 bits per heavy atom. The van der Waals surface area contributed by atoms with Gasteiger partial charge in [0.15, 0.2) is 0 Å². The second-order valence-corrected chi connectivity index (χ2v) is 5.20. The number of halogens is 1. The lowest BCUT2D eigenvalue weighted by atomic mass is 10.2. The predicted molar refractivity (Wildman–Crippen MR) is 76.1 cm³/mol. The minimum absolute atomic E-state index is 0.126. The predicted octanol–water partition coefficient (Wildman–Crippen LogP) is 2.37. The number of para-hydroxylation sites is 1. The molecular formula is C15H23FN2O. The summed E-state index contributed by atoms with van der Waals surface area (Å²) in [5.41, 5.74) is 0.723. The van der Waals surface area contributed by atoms with Crippen molar-refractivity contribution in [2.75, 3.05) is 44.2 Å². The Kier molecular flexibility index (Phi) is 5.16.